The lowest BCUT2D eigenvalue weighted by atomic mass is 10.0. The summed E-state index contributed by atoms with van der Waals surface area (Å²) in [7, 11) is 0. The molecule has 1 N–H and O–H groups in total. The quantitative estimate of drug-likeness (QED) is 0.160. The van der Waals surface area contributed by atoms with Crippen LogP contribution >= 0.6 is 23.2 Å². The number of aromatic carboxylic acids is 1. The molecule has 1 rings (SSSR count). The monoisotopic (exact) mass is 502 g/mol. The van der Waals surface area contributed by atoms with Gasteiger partial charge in [-0.1, -0.05) is 114 Å². The van der Waals surface area contributed by atoms with Gasteiger partial charge in [-0.25, -0.2) is 9.59 Å². The number of benzene rings is 1. The molecule has 1 aromatic rings. The summed E-state index contributed by atoms with van der Waals surface area (Å²) in [6.07, 6.45) is 16.2. The molecule has 1 atom stereocenters. The van der Waals surface area contributed by atoms with Crippen LogP contribution in [0.4, 0.5) is 4.79 Å². The summed E-state index contributed by atoms with van der Waals surface area (Å²) < 4.78 is 10.4. The summed E-state index contributed by atoms with van der Waals surface area (Å²) >= 11 is 12.2. The molecule has 188 valence electrons. The molecule has 0 spiro atoms. The maximum atomic E-state index is 11.9. The first-order valence-electron chi connectivity index (χ1n) is 12.4. The van der Waals surface area contributed by atoms with Crippen LogP contribution in [0.15, 0.2) is 12.1 Å². The van der Waals surface area contributed by atoms with E-state index in [1.165, 1.54) is 82.8 Å². The van der Waals surface area contributed by atoms with Crippen molar-refractivity contribution in [1.29, 1.82) is 0 Å². The molecule has 0 bridgehead atoms. The number of ether oxygens (including phenoxy) is 2. The van der Waals surface area contributed by atoms with E-state index < -0.39 is 18.2 Å². The zero-order valence-corrected chi connectivity index (χ0v) is 21.7. The van der Waals surface area contributed by atoms with Gasteiger partial charge in [-0.05, 0) is 25.5 Å². The van der Waals surface area contributed by atoms with E-state index in [0.717, 1.165) is 19.3 Å². The van der Waals surface area contributed by atoms with Crippen molar-refractivity contribution in [2.75, 3.05) is 6.61 Å². The van der Waals surface area contributed by atoms with Gasteiger partial charge in [-0.15, -0.1) is 0 Å². The minimum Gasteiger partial charge on any atom is -0.478 e. The second kappa shape index (κ2) is 17.9. The molecular formula is C26H40Cl2O5. The number of hydrogen-bond donors (Lipinski definition) is 1. The van der Waals surface area contributed by atoms with Crippen LogP contribution in [0.3, 0.4) is 0 Å². The minimum absolute atomic E-state index is 0.0265. The van der Waals surface area contributed by atoms with Crippen LogP contribution in [-0.4, -0.2) is 23.8 Å². The highest BCUT2D eigenvalue weighted by Crippen LogP contribution is 2.33. The third-order valence-corrected chi connectivity index (χ3v) is 6.35. The SMILES string of the molecule is CCCCCCCCCCCCCCCCOC(=O)OC(C)c1c(Cl)cc(C(=O)O)cc1Cl. The number of hydrogen-bond acceptors (Lipinski definition) is 4. The van der Waals surface area contributed by atoms with Crippen molar-refractivity contribution >= 4 is 35.3 Å². The van der Waals surface area contributed by atoms with Crippen LogP contribution in [0.5, 0.6) is 0 Å². The molecule has 0 fully saturated rings. The first-order chi connectivity index (χ1) is 15.9. The van der Waals surface area contributed by atoms with Crippen LogP contribution in [0.1, 0.15) is 126 Å². The van der Waals surface area contributed by atoms with Gasteiger partial charge >= 0.3 is 12.1 Å². The molecule has 7 heteroatoms. The number of carboxylic acids is 1. The molecule has 0 heterocycles. The Kier molecular flexibility index (Phi) is 16.1. The van der Waals surface area contributed by atoms with Gasteiger partial charge in [0.15, 0.2) is 0 Å². The fraction of sp³-hybridized carbons (Fsp3) is 0.692. The van der Waals surface area contributed by atoms with Crippen molar-refractivity contribution in [3.05, 3.63) is 33.3 Å². The topological polar surface area (TPSA) is 72.8 Å². The molecular weight excluding hydrogens is 463 g/mol. The second-order valence-corrected chi connectivity index (χ2v) is 9.43. The van der Waals surface area contributed by atoms with Gasteiger partial charge in [0, 0.05) is 15.6 Å². The Morgan fingerprint density at radius 2 is 1.24 bits per heavy atom. The summed E-state index contributed by atoms with van der Waals surface area (Å²) in [5.41, 5.74) is 0.332. The van der Waals surface area contributed by atoms with E-state index in [1.54, 1.807) is 6.92 Å². The zero-order valence-electron chi connectivity index (χ0n) is 20.2. The lowest BCUT2D eigenvalue weighted by Crippen LogP contribution is -2.12. The average Bonchev–Trinajstić information content (AvgIpc) is 2.75. The van der Waals surface area contributed by atoms with Crippen LogP contribution in [0.25, 0.3) is 0 Å². The number of carboxylic acid groups (broad SMARTS) is 1. The Morgan fingerprint density at radius 1 is 0.818 bits per heavy atom. The predicted molar refractivity (Wildman–Crippen MR) is 135 cm³/mol. The maximum Gasteiger partial charge on any atom is 0.508 e. The van der Waals surface area contributed by atoms with E-state index in [0.29, 0.717) is 12.2 Å². The second-order valence-electron chi connectivity index (χ2n) is 8.61. The van der Waals surface area contributed by atoms with Crippen LogP contribution in [0.2, 0.25) is 10.0 Å². The highest BCUT2D eigenvalue weighted by molar-refractivity contribution is 6.36. The molecule has 1 aromatic carbocycles. The van der Waals surface area contributed by atoms with E-state index in [1.807, 2.05) is 0 Å². The molecule has 0 saturated heterocycles. The van der Waals surface area contributed by atoms with Crippen molar-refractivity contribution in [2.45, 2.75) is 110 Å². The smallest absolute Gasteiger partial charge is 0.478 e. The number of rotatable bonds is 18. The molecule has 0 aliphatic carbocycles. The molecule has 1 unspecified atom stereocenters. The van der Waals surface area contributed by atoms with Crippen molar-refractivity contribution in [3.8, 4) is 0 Å². The molecule has 0 amide bonds. The lowest BCUT2D eigenvalue weighted by Gasteiger charge is -2.16. The van der Waals surface area contributed by atoms with Gasteiger partial charge in [-0.2, -0.15) is 0 Å². The van der Waals surface area contributed by atoms with Gasteiger partial charge in [-0.3, -0.25) is 0 Å². The standard InChI is InChI=1S/C26H40Cl2O5/c1-3-4-5-6-7-8-9-10-11-12-13-14-15-16-17-32-26(31)33-20(2)24-22(27)18-21(25(29)30)19-23(24)28/h18-20H,3-17H2,1-2H3,(H,29,30). The first-order valence-corrected chi connectivity index (χ1v) is 13.2. The van der Waals surface area contributed by atoms with Crippen LogP contribution < -0.4 is 0 Å². The fourth-order valence-electron chi connectivity index (χ4n) is 3.79. The Balaban J connectivity index is 2.07. The van der Waals surface area contributed by atoms with Crippen molar-refractivity contribution in [3.63, 3.8) is 0 Å². The highest BCUT2D eigenvalue weighted by Gasteiger charge is 2.21. The molecule has 5 nitrogen and oxygen atoms in total. The largest absolute Gasteiger partial charge is 0.508 e. The van der Waals surface area contributed by atoms with Gasteiger partial charge in [0.05, 0.1) is 12.2 Å². The van der Waals surface area contributed by atoms with E-state index in [2.05, 4.69) is 6.92 Å². The van der Waals surface area contributed by atoms with E-state index in [4.69, 9.17) is 37.8 Å². The number of carbonyl (C=O) groups is 2. The number of unbranched alkanes of at least 4 members (excludes halogenated alkanes) is 13. The summed E-state index contributed by atoms with van der Waals surface area (Å²) in [6.45, 7) is 4.17. The third-order valence-electron chi connectivity index (χ3n) is 5.72. The van der Waals surface area contributed by atoms with Gasteiger partial charge in [0.1, 0.15) is 6.10 Å². The maximum absolute atomic E-state index is 11.9. The van der Waals surface area contributed by atoms with E-state index in [-0.39, 0.29) is 15.6 Å². The Bertz CT molecular complexity index is 685. The molecule has 33 heavy (non-hydrogen) atoms. The summed E-state index contributed by atoms with van der Waals surface area (Å²) in [6, 6.07) is 2.57. The van der Waals surface area contributed by atoms with Crippen molar-refractivity contribution in [2.24, 2.45) is 0 Å². The summed E-state index contributed by atoms with van der Waals surface area (Å²) in [5, 5.41) is 9.31. The Labute approximate surface area is 209 Å². The average molecular weight is 504 g/mol. The Hall–Kier alpha value is -1.46. The van der Waals surface area contributed by atoms with Crippen LogP contribution in [-0.2, 0) is 9.47 Å². The van der Waals surface area contributed by atoms with Gasteiger partial charge in [0.25, 0.3) is 0 Å². The van der Waals surface area contributed by atoms with Crippen molar-refractivity contribution < 1.29 is 24.2 Å². The Morgan fingerprint density at radius 3 is 1.67 bits per heavy atom. The highest BCUT2D eigenvalue weighted by atomic mass is 35.5. The summed E-state index contributed by atoms with van der Waals surface area (Å²) in [5.74, 6) is -1.13. The molecule has 0 radical (unpaired) electrons. The van der Waals surface area contributed by atoms with E-state index >= 15 is 0 Å². The first kappa shape index (κ1) is 29.6. The third kappa shape index (κ3) is 13.1. The zero-order chi connectivity index (χ0) is 24.5. The minimum atomic E-state index is -1.13. The van der Waals surface area contributed by atoms with Gasteiger partial charge in [0.2, 0.25) is 0 Å². The molecule has 0 aliphatic rings. The molecule has 0 aromatic heterocycles. The van der Waals surface area contributed by atoms with E-state index in [9.17, 15) is 9.59 Å². The normalized spacial score (nSPS) is 11.9. The molecule has 0 aliphatic heterocycles. The predicted octanol–water partition coefficient (Wildman–Crippen LogP) is 9.39. The lowest BCUT2D eigenvalue weighted by molar-refractivity contribution is 0.0277. The number of carbonyl (C=O) groups excluding carboxylic acids is 1. The van der Waals surface area contributed by atoms with Crippen LogP contribution in [0, 0.1) is 0 Å². The van der Waals surface area contributed by atoms with Gasteiger partial charge < -0.3 is 14.6 Å². The summed E-state index contributed by atoms with van der Waals surface area (Å²) in [4.78, 5) is 23.0. The van der Waals surface area contributed by atoms with Crippen molar-refractivity contribution in [1.82, 2.24) is 0 Å². The molecule has 0 saturated carbocycles. The fourth-order valence-corrected chi connectivity index (χ4v) is 4.58. The number of halogens is 2.